The van der Waals surface area contributed by atoms with Gasteiger partial charge in [-0.3, -0.25) is 4.31 Å². The molecule has 4 nitrogen and oxygen atoms in total. The van der Waals surface area contributed by atoms with Crippen LogP contribution < -0.4 is 4.31 Å². The zero-order valence-electron chi connectivity index (χ0n) is 10.00. The predicted octanol–water partition coefficient (Wildman–Crippen LogP) is 3.33. The van der Waals surface area contributed by atoms with Gasteiger partial charge in [0.1, 0.15) is 4.90 Å². The van der Waals surface area contributed by atoms with E-state index in [-0.39, 0.29) is 9.41 Å². The van der Waals surface area contributed by atoms with E-state index in [0.29, 0.717) is 10.2 Å². The molecule has 1 aromatic carbocycles. The van der Waals surface area contributed by atoms with Crippen LogP contribution in [0.3, 0.4) is 0 Å². The second-order valence-corrected chi connectivity index (χ2v) is 7.01. The van der Waals surface area contributed by atoms with Crippen molar-refractivity contribution in [2.45, 2.75) is 4.90 Å². The minimum atomic E-state index is -3.68. The lowest BCUT2D eigenvalue weighted by Crippen LogP contribution is -2.26. The van der Waals surface area contributed by atoms with Crippen LogP contribution in [0.2, 0.25) is 0 Å². The van der Waals surface area contributed by atoms with Crippen molar-refractivity contribution >= 4 is 43.9 Å². The van der Waals surface area contributed by atoms with Gasteiger partial charge in [0.2, 0.25) is 0 Å². The zero-order valence-corrected chi connectivity index (χ0v) is 13.2. The standard InChI is InChI=1S/C12H11BrN2O2S2/c1-15(9-5-3-2-4-6-9)19(16,17)11-8-14-7-10(13)12(11)18/h2-8H,1H3,(H,14,18). The fraction of sp³-hybridized carbons (Fsp3) is 0.0833. The molecule has 0 saturated carbocycles. The smallest absolute Gasteiger partial charge is 0.267 e. The number of rotatable bonds is 3. The second kappa shape index (κ2) is 5.44. The lowest BCUT2D eigenvalue weighted by Gasteiger charge is -2.19. The third kappa shape index (κ3) is 2.72. The highest BCUT2D eigenvalue weighted by Gasteiger charge is 2.23. The van der Waals surface area contributed by atoms with Crippen LogP contribution in [0.15, 0.2) is 52.1 Å². The third-order valence-corrected chi connectivity index (χ3v) is 5.89. The fourth-order valence-corrected chi connectivity index (χ4v) is 3.72. The number of para-hydroxylation sites is 1. The summed E-state index contributed by atoms with van der Waals surface area (Å²) in [7, 11) is -2.18. The molecule has 0 atom stereocenters. The molecule has 0 fully saturated rings. The summed E-state index contributed by atoms with van der Waals surface area (Å²) < 4.78 is 27.1. The van der Waals surface area contributed by atoms with E-state index in [1.54, 1.807) is 30.5 Å². The molecule has 19 heavy (non-hydrogen) atoms. The maximum atomic E-state index is 12.5. The van der Waals surface area contributed by atoms with Gasteiger partial charge in [-0.2, -0.15) is 0 Å². The first-order chi connectivity index (χ1) is 8.94. The number of benzene rings is 1. The Morgan fingerprint density at radius 1 is 1.21 bits per heavy atom. The highest BCUT2D eigenvalue weighted by molar-refractivity contribution is 9.10. The molecule has 0 aliphatic heterocycles. The van der Waals surface area contributed by atoms with E-state index in [4.69, 9.17) is 12.2 Å². The number of H-pyrrole nitrogens is 1. The van der Waals surface area contributed by atoms with Crippen LogP contribution in [-0.2, 0) is 10.0 Å². The minimum Gasteiger partial charge on any atom is -0.365 e. The second-order valence-electron chi connectivity index (χ2n) is 3.80. The number of anilines is 1. The van der Waals surface area contributed by atoms with Gasteiger partial charge in [-0.05, 0) is 28.1 Å². The summed E-state index contributed by atoms with van der Waals surface area (Å²) >= 11 is 8.36. The molecule has 2 aromatic rings. The zero-order chi connectivity index (χ0) is 14.0. The van der Waals surface area contributed by atoms with Crippen LogP contribution in [0.25, 0.3) is 0 Å². The summed E-state index contributed by atoms with van der Waals surface area (Å²) in [6.07, 6.45) is 2.99. The molecule has 1 heterocycles. The molecule has 0 radical (unpaired) electrons. The topological polar surface area (TPSA) is 53.2 Å². The van der Waals surface area contributed by atoms with Gasteiger partial charge < -0.3 is 4.98 Å². The molecular weight excluding hydrogens is 348 g/mol. The number of nitrogens with zero attached hydrogens (tertiary/aromatic N) is 1. The first-order valence-corrected chi connectivity index (χ1v) is 7.99. The monoisotopic (exact) mass is 358 g/mol. The molecule has 0 aliphatic carbocycles. The number of aromatic nitrogens is 1. The van der Waals surface area contributed by atoms with Crippen molar-refractivity contribution in [3.63, 3.8) is 0 Å². The normalized spacial score (nSPS) is 11.3. The maximum absolute atomic E-state index is 12.5. The number of pyridine rings is 1. The molecule has 7 heteroatoms. The Kier molecular flexibility index (Phi) is 4.07. The molecule has 0 spiro atoms. The van der Waals surface area contributed by atoms with E-state index >= 15 is 0 Å². The maximum Gasteiger partial charge on any atom is 0.267 e. The number of hydrogen-bond acceptors (Lipinski definition) is 3. The largest absolute Gasteiger partial charge is 0.365 e. The van der Waals surface area contributed by atoms with Gasteiger partial charge in [0.15, 0.2) is 0 Å². The Hall–Kier alpha value is -1.18. The predicted molar refractivity (Wildman–Crippen MR) is 81.4 cm³/mol. The summed E-state index contributed by atoms with van der Waals surface area (Å²) in [5, 5.41) is 0. The minimum absolute atomic E-state index is 0.0724. The fourth-order valence-electron chi connectivity index (χ4n) is 1.56. The molecule has 0 aliphatic rings. The van der Waals surface area contributed by atoms with E-state index in [9.17, 15) is 8.42 Å². The van der Waals surface area contributed by atoms with Crippen molar-refractivity contribution in [2.24, 2.45) is 0 Å². The van der Waals surface area contributed by atoms with Crippen LogP contribution in [0, 0.1) is 4.51 Å². The van der Waals surface area contributed by atoms with Crippen molar-refractivity contribution in [1.29, 1.82) is 0 Å². The number of sulfonamides is 1. The van der Waals surface area contributed by atoms with Gasteiger partial charge in [-0.25, -0.2) is 8.42 Å². The van der Waals surface area contributed by atoms with E-state index in [1.165, 1.54) is 17.5 Å². The Bertz CT molecular complexity index is 742. The first kappa shape index (κ1) is 14.2. The summed E-state index contributed by atoms with van der Waals surface area (Å²) in [6.45, 7) is 0. The van der Waals surface area contributed by atoms with Crippen LogP contribution in [0.5, 0.6) is 0 Å². The summed E-state index contributed by atoms with van der Waals surface area (Å²) in [4.78, 5) is 2.84. The molecule has 1 N–H and O–H groups in total. The van der Waals surface area contributed by atoms with Gasteiger partial charge in [0, 0.05) is 19.4 Å². The van der Waals surface area contributed by atoms with Gasteiger partial charge in [0.05, 0.1) is 14.7 Å². The van der Waals surface area contributed by atoms with Gasteiger partial charge in [-0.15, -0.1) is 0 Å². The van der Waals surface area contributed by atoms with Crippen LogP contribution >= 0.6 is 28.1 Å². The van der Waals surface area contributed by atoms with Gasteiger partial charge in [0.25, 0.3) is 10.0 Å². The Morgan fingerprint density at radius 3 is 2.47 bits per heavy atom. The number of aromatic amines is 1. The third-order valence-electron chi connectivity index (χ3n) is 2.62. The van der Waals surface area contributed by atoms with Crippen LogP contribution in [-0.4, -0.2) is 20.4 Å². The average molecular weight is 359 g/mol. The average Bonchev–Trinajstić information content (AvgIpc) is 2.41. The quantitative estimate of drug-likeness (QED) is 0.856. The molecule has 0 saturated heterocycles. The van der Waals surface area contributed by atoms with E-state index < -0.39 is 10.0 Å². The molecule has 100 valence electrons. The summed E-state index contributed by atoms with van der Waals surface area (Å²) in [6, 6.07) is 8.84. The van der Waals surface area contributed by atoms with E-state index in [0.717, 1.165) is 0 Å². The molecule has 1 aromatic heterocycles. The number of halogens is 1. The SMILES string of the molecule is CN(c1ccccc1)S(=O)(=O)c1c[nH]cc(Br)c1=S. The lowest BCUT2D eigenvalue weighted by molar-refractivity contribution is 0.593. The Morgan fingerprint density at radius 2 is 1.84 bits per heavy atom. The highest BCUT2D eigenvalue weighted by atomic mass is 79.9. The van der Waals surface area contributed by atoms with Crippen LogP contribution in [0.1, 0.15) is 0 Å². The van der Waals surface area contributed by atoms with Gasteiger partial charge in [-0.1, -0.05) is 30.4 Å². The highest BCUT2D eigenvalue weighted by Crippen LogP contribution is 2.24. The Labute approximate surface area is 125 Å². The molecular formula is C12H11BrN2O2S2. The summed E-state index contributed by atoms with van der Waals surface area (Å²) in [5.41, 5.74) is 0.580. The van der Waals surface area contributed by atoms with Crippen LogP contribution in [0.4, 0.5) is 5.69 Å². The Balaban J connectivity index is 2.55. The van der Waals surface area contributed by atoms with Crippen molar-refractivity contribution in [2.75, 3.05) is 11.4 Å². The first-order valence-electron chi connectivity index (χ1n) is 5.35. The van der Waals surface area contributed by atoms with Crippen molar-refractivity contribution in [3.8, 4) is 0 Å². The van der Waals surface area contributed by atoms with Crippen molar-refractivity contribution < 1.29 is 8.42 Å². The van der Waals surface area contributed by atoms with E-state index in [2.05, 4.69) is 20.9 Å². The number of nitrogens with one attached hydrogen (secondary N) is 1. The molecule has 0 bridgehead atoms. The molecule has 0 unspecified atom stereocenters. The van der Waals surface area contributed by atoms with Crippen molar-refractivity contribution in [3.05, 3.63) is 51.7 Å². The van der Waals surface area contributed by atoms with Crippen molar-refractivity contribution in [1.82, 2.24) is 4.98 Å². The number of hydrogen-bond donors (Lipinski definition) is 1. The lowest BCUT2D eigenvalue weighted by atomic mass is 10.3. The summed E-state index contributed by atoms with van der Waals surface area (Å²) in [5.74, 6) is 0. The molecule has 0 amide bonds. The molecule has 2 rings (SSSR count). The van der Waals surface area contributed by atoms with E-state index in [1.807, 2.05) is 6.07 Å². The van der Waals surface area contributed by atoms with Gasteiger partial charge >= 0.3 is 0 Å².